The largest absolute Gasteiger partial charge is 0.393 e. The standard InChI is InChI=1S/C11H11ClN2OS/c12-10-2-1-9(16-10)8-6-14-4-3-7(15)5-11(14)13-8/h1-2,6-7,15H,3-5H2. The lowest BCUT2D eigenvalue weighted by Crippen LogP contribution is -2.22. The van der Waals surface area contributed by atoms with Crippen LogP contribution in [0.25, 0.3) is 10.6 Å². The normalized spacial score (nSPS) is 19.8. The highest BCUT2D eigenvalue weighted by atomic mass is 35.5. The van der Waals surface area contributed by atoms with Gasteiger partial charge in [-0.2, -0.15) is 0 Å². The van der Waals surface area contributed by atoms with Crippen molar-refractivity contribution in [1.82, 2.24) is 9.55 Å². The highest BCUT2D eigenvalue weighted by molar-refractivity contribution is 7.19. The van der Waals surface area contributed by atoms with E-state index in [-0.39, 0.29) is 6.10 Å². The van der Waals surface area contributed by atoms with Crippen LogP contribution in [0.5, 0.6) is 0 Å². The first-order valence-corrected chi connectivity index (χ1v) is 6.41. The van der Waals surface area contributed by atoms with Crippen LogP contribution in [0, 0.1) is 0 Å². The van der Waals surface area contributed by atoms with Crippen molar-refractivity contribution in [1.29, 1.82) is 0 Å². The zero-order valence-corrected chi connectivity index (χ0v) is 10.1. The molecule has 0 saturated heterocycles. The lowest BCUT2D eigenvalue weighted by atomic mass is 10.1. The van der Waals surface area contributed by atoms with Crippen molar-refractivity contribution in [3.63, 3.8) is 0 Å². The molecule has 3 rings (SSSR count). The van der Waals surface area contributed by atoms with E-state index in [0.29, 0.717) is 6.42 Å². The van der Waals surface area contributed by atoms with Gasteiger partial charge in [-0.15, -0.1) is 11.3 Å². The molecule has 3 heterocycles. The Labute approximate surface area is 102 Å². The number of aliphatic hydroxyl groups is 1. The van der Waals surface area contributed by atoms with Gasteiger partial charge in [0.2, 0.25) is 0 Å². The van der Waals surface area contributed by atoms with E-state index in [9.17, 15) is 5.11 Å². The van der Waals surface area contributed by atoms with Gasteiger partial charge in [-0.05, 0) is 18.6 Å². The van der Waals surface area contributed by atoms with Crippen molar-refractivity contribution in [2.45, 2.75) is 25.5 Å². The predicted molar refractivity (Wildman–Crippen MR) is 64.9 cm³/mol. The molecule has 0 bridgehead atoms. The molecule has 5 heteroatoms. The number of rotatable bonds is 1. The number of thiophene rings is 1. The van der Waals surface area contributed by atoms with Gasteiger partial charge in [0.05, 0.1) is 21.0 Å². The summed E-state index contributed by atoms with van der Waals surface area (Å²) < 4.78 is 2.90. The van der Waals surface area contributed by atoms with Crippen LogP contribution < -0.4 is 0 Å². The summed E-state index contributed by atoms with van der Waals surface area (Å²) in [5.41, 5.74) is 0.959. The maximum absolute atomic E-state index is 9.57. The number of hydrogen-bond donors (Lipinski definition) is 1. The molecule has 0 aromatic carbocycles. The average molecular weight is 255 g/mol. The van der Waals surface area contributed by atoms with Gasteiger partial charge in [-0.3, -0.25) is 0 Å². The Morgan fingerprint density at radius 1 is 1.50 bits per heavy atom. The molecule has 0 spiro atoms. The van der Waals surface area contributed by atoms with Crippen LogP contribution in [0.1, 0.15) is 12.2 Å². The van der Waals surface area contributed by atoms with E-state index >= 15 is 0 Å². The molecule has 0 fully saturated rings. The maximum atomic E-state index is 9.57. The summed E-state index contributed by atoms with van der Waals surface area (Å²) in [4.78, 5) is 5.62. The molecule has 2 aromatic rings. The molecule has 84 valence electrons. The number of imidazole rings is 1. The minimum Gasteiger partial charge on any atom is -0.393 e. The van der Waals surface area contributed by atoms with Gasteiger partial charge >= 0.3 is 0 Å². The molecular weight excluding hydrogens is 244 g/mol. The molecule has 1 atom stereocenters. The minimum absolute atomic E-state index is 0.241. The lowest BCUT2D eigenvalue weighted by molar-refractivity contribution is 0.141. The van der Waals surface area contributed by atoms with Crippen LogP contribution in [0.2, 0.25) is 4.34 Å². The molecule has 3 nitrogen and oxygen atoms in total. The second-order valence-corrected chi connectivity index (χ2v) is 5.70. The minimum atomic E-state index is -0.241. The van der Waals surface area contributed by atoms with Gasteiger partial charge in [-0.1, -0.05) is 11.6 Å². The van der Waals surface area contributed by atoms with Crippen molar-refractivity contribution in [2.75, 3.05) is 0 Å². The summed E-state index contributed by atoms with van der Waals surface area (Å²) in [6.45, 7) is 0.850. The van der Waals surface area contributed by atoms with Crippen molar-refractivity contribution in [3.8, 4) is 10.6 Å². The second-order valence-electron chi connectivity index (χ2n) is 3.99. The third-order valence-electron chi connectivity index (χ3n) is 2.81. The topological polar surface area (TPSA) is 38.0 Å². The van der Waals surface area contributed by atoms with Crippen LogP contribution in [0.4, 0.5) is 0 Å². The fraction of sp³-hybridized carbons (Fsp3) is 0.364. The summed E-state index contributed by atoms with van der Waals surface area (Å²) in [7, 11) is 0. The fourth-order valence-corrected chi connectivity index (χ4v) is 2.98. The molecule has 0 aliphatic carbocycles. The summed E-state index contributed by atoms with van der Waals surface area (Å²) in [5.74, 6) is 0.971. The van der Waals surface area contributed by atoms with E-state index in [1.807, 2.05) is 18.3 Å². The first-order valence-electron chi connectivity index (χ1n) is 5.22. The van der Waals surface area contributed by atoms with E-state index in [1.165, 1.54) is 11.3 Å². The lowest BCUT2D eigenvalue weighted by Gasteiger charge is -2.18. The first kappa shape index (κ1) is 10.3. The quantitative estimate of drug-likeness (QED) is 0.850. The van der Waals surface area contributed by atoms with E-state index < -0.39 is 0 Å². The van der Waals surface area contributed by atoms with Crippen LogP contribution >= 0.6 is 22.9 Å². The molecule has 2 aromatic heterocycles. The molecule has 0 amide bonds. The first-order chi connectivity index (χ1) is 7.72. The molecule has 0 radical (unpaired) electrons. The Bertz CT molecular complexity index is 520. The van der Waals surface area contributed by atoms with Crippen LogP contribution in [-0.2, 0) is 13.0 Å². The van der Waals surface area contributed by atoms with Gasteiger partial charge < -0.3 is 9.67 Å². The summed E-state index contributed by atoms with van der Waals surface area (Å²) in [6.07, 6.45) is 3.27. The Hall–Kier alpha value is -0.840. The van der Waals surface area contributed by atoms with Crippen molar-refractivity contribution < 1.29 is 5.11 Å². The highest BCUT2D eigenvalue weighted by Gasteiger charge is 2.19. The molecule has 1 N–H and O–H groups in total. The van der Waals surface area contributed by atoms with Crippen molar-refractivity contribution in [3.05, 3.63) is 28.5 Å². The Balaban J connectivity index is 1.98. The second kappa shape index (κ2) is 3.87. The number of hydrogen-bond acceptors (Lipinski definition) is 3. The predicted octanol–water partition coefficient (Wildman–Crippen LogP) is 2.57. The number of aryl methyl sites for hydroxylation is 1. The van der Waals surface area contributed by atoms with Crippen molar-refractivity contribution >= 4 is 22.9 Å². The zero-order valence-electron chi connectivity index (χ0n) is 8.56. The van der Waals surface area contributed by atoms with Gasteiger partial charge in [0.15, 0.2) is 0 Å². The Morgan fingerprint density at radius 3 is 3.12 bits per heavy atom. The third-order valence-corrected chi connectivity index (χ3v) is 4.06. The van der Waals surface area contributed by atoms with Crippen LogP contribution in [-0.4, -0.2) is 20.8 Å². The van der Waals surface area contributed by atoms with E-state index in [2.05, 4.69) is 9.55 Å². The number of aromatic nitrogens is 2. The molecule has 0 saturated carbocycles. The number of nitrogens with zero attached hydrogens (tertiary/aromatic N) is 2. The number of aliphatic hydroxyl groups excluding tert-OH is 1. The summed E-state index contributed by atoms with van der Waals surface area (Å²) in [5, 5.41) is 9.57. The highest BCUT2D eigenvalue weighted by Crippen LogP contribution is 2.31. The van der Waals surface area contributed by atoms with Gasteiger partial charge in [-0.25, -0.2) is 4.98 Å². The smallest absolute Gasteiger partial charge is 0.112 e. The average Bonchev–Trinajstić information content (AvgIpc) is 2.83. The number of fused-ring (bicyclic) bond motifs is 1. The Morgan fingerprint density at radius 2 is 2.38 bits per heavy atom. The zero-order chi connectivity index (χ0) is 11.1. The monoisotopic (exact) mass is 254 g/mol. The van der Waals surface area contributed by atoms with Crippen LogP contribution in [0.3, 0.4) is 0 Å². The maximum Gasteiger partial charge on any atom is 0.112 e. The molecule has 1 aliphatic heterocycles. The third kappa shape index (κ3) is 1.77. The SMILES string of the molecule is OC1CCn2cc(-c3ccc(Cl)s3)nc2C1. The fourth-order valence-electron chi connectivity index (χ4n) is 1.98. The van der Waals surface area contributed by atoms with Gasteiger partial charge in [0, 0.05) is 19.2 Å². The van der Waals surface area contributed by atoms with E-state index in [0.717, 1.165) is 33.7 Å². The van der Waals surface area contributed by atoms with Crippen molar-refractivity contribution in [2.24, 2.45) is 0 Å². The number of halogens is 1. The van der Waals surface area contributed by atoms with Gasteiger partial charge in [0.1, 0.15) is 5.82 Å². The van der Waals surface area contributed by atoms with Gasteiger partial charge in [0.25, 0.3) is 0 Å². The van der Waals surface area contributed by atoms with E-state index in [4.69, 9.17) is 11.6 Å². The molecule has 1 aliphatic rings. The van der Waals surface area contributed by atoms with E-state index in [1.54, 1.807) is 0 Å². The molecule has 1 unspecified atom stereocenters. The Kier molecular flexibility index (Phi) is 2.50. The summed E-state index contributed by atoms with van der Waals surface area (Å²) in [6, 6.07) is 3.87. The molecular formula is C11H11ClN2OS. The molecule has 16 heavy (non-hydrogen) atoms. The summed E-state index contributed by atoms with van der Waals surface area (Å²) >= 11 is 7.44. The van der Waals surface area contributed by atoms with Crippen LogP contribution in [0.15, 0.2) is 18.3 Å².